The molecule has 1 heteroatoms. The summed E-state index contributed by atoms with van der Waals surface area (Å²) in [6.45, 7) is 7.75. The van der Waals surface area contributed by atoms with E-state index in [1.54, 1.807) is 6.92 Å². The quantitative estimate of drug-likeness (QED) is 0.677. The molecule has 1 unspecified atom stereocenters. The largest absolute Gasteiger partial charge is 0.299 e. The van der Waals surface area contributed by atoms with Gasteiger partial charge in [-0.25, -0.2) is 0 Å². The Labute approximate surface area is 79.8 Å². The molecule has 1 aromatic rings. The summed E-state index contributed by atoms with van der Waals surface area (Å²) in [5.41, 5.74) is 3.65. The number of ketones is 1. The first-order chi connectivity index (χ1) is 6.02. The zero-order valence-corrected chi connectivity index (χ0v) is 8.72. The van der Waals surface area contributed by atoms with Gasteiger partial charge in [-0.15, -0.1) is 0 Å². The van der Waals surface area contributed by atoms with Crippen LogP contribution in [0.4, 0.5) is 0 Å². The van der Waals surface area contributed by atoms with Gasteiger partial charge in [0, 0.05) is 5.92 Å². The first-order valence-corrected chi connectivity index (χ1v) is 4.60. The van der Waals surface area contributed by atoms with Crippen molar-refractivity contribution in [3.8, 4) is 0 Å². The highest BCUT2D eigenvalue weighted by Gasteiger charge is 2.10. The Bertz CT molecular complexity index is 326. The molecule has 13 heavy (non-hydrogen) atoms. The maximum atomic E-state index is 11.1. The number of Topliss-reactive ketones (excluding diaryl/α,β-unsaturated/α-hetero) is 1. The molecule has 0 spiro atoms. The van der Waals surface area contributed by atoms with Crippen molar-refractivity contribution in [3.63, 3.8) is 0 Å². The molecule has 1 nitrogen and oxygen atoms in total. The number of carbonyl (C=O) groups excluding carboxylic acids is 1. The Balaban J connectivity index is 3.03. The topological polar surface area (TPSA) is 17.1 Å². The smallest absolute Gasteiger partial charge is 0.136 e. The molecule has 1 rings (SSSR count). The van der Waals surface area contributed by atoms with Crippen molar-refractivity contribution in [2.75, 3.05) is 0 Å². The van der Waals surface area contributed by atoms with Crippen molar-refractivity contribution < 1.29 is 4.79 Å². The van der Waals surface area contributed by atoms with Gasteiger partial charge in [0.15, 0.2) is 0 Å². The molecule has 0 bridgehead atoms. The van der Waals surface area contributed by atoms with Gasteiger partial charge < -0.3 is 0 Å². The predicted molar refractivity (Wildman–Crippen MR) is 55.0 cm³/mol. The van der Waals surface area contributed by atoms with Crippen molar-refractivity contribution in [2.45, 2.75) is 33.6 Å². The van der Waals surface area contributed by atoms with Crippen molar-refractivity contribution in [1.29, 1.82) is 0 Å². The second kappa shape index (κ2) is 3.73. The third-order valence-corrected chi connectivity index (χ3v) is 2.64. The summed E-state index contributed by atoms with van der Waals surface area (Å²) in [6, 6.07) is 6.21. The van der Waals surface area contributed by atoms with Gasteiger partial charge in [-0.2, -0.15) is 0 Å². The summed E-state index contributed by atoms with van der Waals surface area (Å²) in [7, 11) is 0. The summed E-state index contributed by atoms with van der Waals surface area (Å²) in [5.74, 6) is 0.252. The lowest BCUT2D eigenvalue weighted by Gasteiger charge is -2.09. The molecule has 0 saturated heterocycles. The molecular formula is C12H16O. The zero-order valence-electron chi connectivity index (χ0n) is 8.72. The van der Waals surface area contributed by atoms with Gasteiger partial charge in [0.05, 0.1) is 0 Å². The summed E-state index contributed by atoms with van der Waals surface area (Å²) < 4.78 is 0. The molecule has 0 saturated carbocycles. The SMILES string of the molecule is CC(=O)C(C)c1ccc(C)c(C)c1. The summed E-state index contributed by atoms with van der Waals surface area (Å²) in [4.78, 5) is 11.1. The molecule has 0 aliphatic carbocycles. The van der Waals surface area contributed by atoms with Crippen LogP contribution in [0.3, 0.4) is 0 Å². The van der Waals surface area contributed by atoms with Crippen LogP contribution < -0.4 is 0 Å². The summed E-state index contributed by atoms with van der Waals surface area (Å²) in [5, 5.41) is 0. The predicted octanol–water partition coefficient (Wildman–Crippen LogP) is 3.00. The van der Waals surface area contributed by atoms with Gasteiger partial charge in [0.2, 0.25) is 0 Å². The zero-order chi connectivity index (χ0) is 10.0. The standard InChI is InChI=1S/C12H16O/c1-8-5-6-12(7-9(8)2)10(3)11(4)13/h5-7,10H,1-4H3. The van der Waals surface area contributed by atoms with Gasteiger partial charge in [-0.1, -0.05) is 25.1 Å². The van der Waals surface area contributed by atoms with Crippen molar-refractivity contribution in [3.05, 3.63) is 34.9 Å². The molecule has 0 fully saturated rings. The third-order valence-electron chi connectivity index (χ3n) is 2.64. The lowest BCUT2D eigenvalue weighted by Crippen LogP contribution is -2.04. The van der Waals surface area contributed by atoms with E-state index >= 15 is 0 Å². The molecule has 0 aliphatic rings. The molecule has 0 amide bonds. The van der Waals surface area contributed by atoms with E-state index in [9.17, 15) is 4.79 Å². The average Bonchev–Trinajstić information content (AvgIpc) is 2.08. The molecule has 0 aromatic heterocycles. The Morgan fingerprint density at radius 2 is 1.85 bits per heavy atom. The van der Waals surface area contributed by atoms with Crippen LogP contribution in [0.2, 0.25) is 0 Å². The lowest BCUT2D eigenvalue weighted by molar-refractivity contribution is -0.118. The van der Waals surface area contributed by atoms with Gasteiger partial charge in [-0.3, -0.25) is 4.79 Å². The van der Waals surface area contributed by atoms with Crippen LogP contribution in [0.5, 0.6) is 0 Å². The molecule has 70 valence electrons. The Morgan fingerprint density at radius 3 is 2.31 bits per heavy atom. The van der Waals surface area contributed by atoms with Crippen LogP contribution >= 0.6 is 0 Å². The molecule has 0 N–H and O–H groups in total. The number of benzene rings is 1. The van der Waals surface area contributed by atoms with Crippen LogP contribution in [-0.2, 0) is 4.79 Å². The maximum absolute atomic E-state index is 11.1. The van der Waals surface area contributed by atoms with Gasteiger partial charge in [-0.05, 0) is 37.5 Å². The van der Waals surface area contributed by atoms with Crippen LogP contribution in [0.25, 0.3) is 0 Å². The fourth-order valence-corrected chi connectivity index (χ4v) is 1.27. The molecule has 1 aromatic carbocycles. The highest BCUT2D eigenvalue weighted by Crippen LogP contribution is 2.19. The number of rotatable bonds is 2. The lowest BCUT2D eigenvalue weighted by atomic mass is 9.94. The minimum atomic E-state index is 0.0271. The molecule has 0 heterocycles. The van der Waals surface area contributed by atoms with Crippen molar-refractivity contribution >= 4 is 5.78 Å². The first kappa shape index (κ1) is 9.97. The van der Waals surface area contributed by atoms with Crippen LogP contribution in [0.15, 0.2) is 18.2 Å². The summed E-state index contributed by atoms with van der Waals surface area (Å²) >= 11 is 0. The molecular weight excluding hydrogens is 160 g/mol. The summed E-state index contributed by atoms with van der Waals surface area (Å²) in [6.07, 6.45) is 0. The van der Waals surface area contributed by atoms with E-state index in [2.05, 4.69) is 26.0 Å². The van der Waals surface area contributed by atoms with E-state index in [-0.39, 0.29) is 11.7 Å². The monoisotopic (exact) mass is 176 g/mol. The van der Waals surface area contributed by atoms with Crippen LogP contribution in [0.1, 0.15) is 36.5 Å². The molecule has 1 atom stereocenters. The van der Waals surface area contributed by atoms with Crippen molar-refractivity contribution in [2.24, 2.45) is 0 Å². The Kier molecular flexibility index (Phi) is 2.86. The van der Waals surface area contributed by atoms with Gasteiger partial charge >= 0.3 is 0 Å². The fourth-order valence-electron chi connectivity index (χ4n) is 1.27. The van der Waals surface area contributed by atoms with Gasteiger partial charge in [0.25, 0.3) is 0 Å². The maximum Gasteiger partial charge on any atom is 0.136 e. The minimum absolute atomic E-state index is 0.0271. The van der Waals surface area contributed by atoms with E-state index in [1.165, 1.54) is 11.1 Å². The Hall–Kier alpha value is -1.11. The Morgan fingerprint density at radius 1 is 1.23 bits per heavy atom. The van der Waals surface area contributed by atoms with E-state index in [1.807, 2.05) is 13.0 Å². The average molecular weight is 176 g/mol. The third kappa shape index (κ3) is 2.18. The van der Waals surface area contributed by atoms with E-state index in [0.29, 0.717) is 0 Å². The number of hydrogen-bond acceptors (Lipinski definition) is 1. The highest BCUT2D eigenvalue weighted by molar-refractivity contribution is 5.82. The highest BCUT2D eigenvalue weighted by atomic mass is 16.1. The normalized spacial score (nSPS) is 12.6. The van der Waals surface area contributed by atoms with E-state index in [0.717, 1.165) is 5.56 Å². The number of hydrogen-bond donors (Lipinski definition) is 0. The van der Waals surface area contributed by atoms with Crippen LogP contribution in [-0.4, -0.2) is 5.78 Å². The van der Waals surface area contributed by atoms with Gasteiger partial charge in [0.1, 0.15) is 5.78 Å². The molecule has 0 aliphatic heterocycles. The second-order valence-corrected chi connectivity index (χ2v) is 3.68. The van der Waals surface area contributed by atoms with E-state index in [4.69, 9.17) is 0 Å². The number of aryl methyl sites for hydroxylation is 2. The fraction of sp³-hybridized carbons (Fsp3) is 0.417. The van der Waals surface area contributed by atoms with Crippen LogP contribution in [0, 0.1) is 13.8 Å². The second-order valence-electron chi connectivity index (χ2n) is 3.68. The minimum Gasteiger partial charge on any atom is -0.299 e. The molecule has 0 radical (unpaired) electrons. The number of carbonyl (C=O) groups is 1. The van der Waals surface area contributed by atoms with E-state index < -0.39 is 0 Å². The van der Waals surface area contributed by atoms with Crippen molar-refractivity contribution in [1.82, 2.24) is 0 Å². The first-order valence-electron chi connectivity index (χ1n) is 4.60.